The normalized spacial score (nSPS) is 11.6. The lowest BCUT2D eigenvalue weighted by Crippen LogP contribution is -2.15. The highest BCUT2D eigenvalue weighted by Crippen LogP contribution is 2.24. The van der Waals surface area contributed by atoms with Crippen molar-refractivity contribution >= 4 is 29.3 Å². The molecule has 7 nitrogen and oxygen atoms in total. The molecule has 0 saturated carbocycles. The molecule has 8 heteroatoms. The van der Waals surface area contributed by atoms with Crippen molar-refractivity contribution in [3.8, 4) is 0 Å². The molecule has 0 aliphatic rings. The molecule has 28 heavy (non-hydrogen) atoms. The van der Waals surface area contributed by atoms with Crippen LogP contribution in [0.1, 0.15) is 28.9 Å². The molecule has 0 radical (unpaired) electrons. The number of anilines is 1. The van der Waals surface area contributed by atoms with E-state index < -0.39 is 5.97 Å². The number of thioether (sulfide) groups is 1. The number of carbonyl (C=O) groups is 2. The Balaban J connectivity index is 1.58. The molecule has 3 rings (SSSR count). The molecule has 0 aliphatic heterocycles. The summed E-state index contributed by atoms with van der Waals surface area (Å²) in [5, 5.41) is 11.6. The third kappa shape index (κ3) is 4.77. The van der Waals surface area contributed by atoms with E-state index in [0.29, 0.717) is 16.4 Å². The van der Waals surface area contributed by atoms with Gasteiger partial charge in [0.1, 0.15) is 6.33 Å². The highest BCUT2D eigenvalue weighted by Gasteiger charge is 2.15. The smallest absolute Gasteiger partial charge is 0.337 e. The second kappa shape index (κ2) is 9.18. The molecule has 1 atom stereocenters. The van der Waals surface area contributed by atoms with Gasteiger partial charge in [0.25, 0.3) is 0 Å². The van der Waals surface area contributed by atoms with Gasteiger partial charge in [-0.15, -0.1) is 10.2 Å². The minimum Gasteiger partial charge on any atom is -0.465 e. The number of benzene rings is 2. The maximum Gasteiger partial charge on any atom is 0.337 e. The van der Waals surface area contributed by atoms with E-state index in [-0.39, 0.29) is 17.7 Å². The van der Waals surface area contributed by atoms with Crippen LogP contribution in [0.5, 0.6) is 0 Å². The fourth-order valence-electron chi connectivity index (χ4n) is 2.63. The first-order chi connectivity index (χ1) is 13.6. The van der Waals surface area contributed by atoms with Crippen LogP contribution >= 0.6 is 11.8 Å². The lowest BCUT2D eigenvalue weighted by Gasteiger charge is -2.15. The third-order valence-electron chi connectivity index (χ3n) is 4.16. The van der Waals surface area contributed by atoms with Crippen molar-refractivity contribution in [3.63, 3.8) is 0 Å². The van der Waals surface area contributed by atoms with Crippen LogP contribution in [0.25, 0.3) is 0 Å². The second-order valence-electron chi connectivity index (χ2n) is 6.01. The highest BCUT2D eigenvalue weighted by molar-refractivity contribution is 7.99. The summed E-state index contributed by atoms with van der Waals surface area (Å²) < 4.78 is 6.60. The summed E-state index contributed by atoms with van der Waals surface area (Å²) in [4.78, 5) is 23.7. The van der Waals surface area contributed by atoms with Crippen LogP contribution in [-0.2, 0) is 9.53 Å². The third-order valence-corrected chi connectivity index (χ3v) is 5.12. The summed E-state index contributed by atoms with van der Waals surface area (Å²) in [5.74, 6) is -0.392. The predicted molar refractivity (Wildman–Crippen MR) is 107 cm³/mol. The minimum atomic E-state index is -0.416. The molecule has 1 amide bonds. The molecule has 144 valence electrons. The molecule has 3 aromatic rings. The van der Waals surface area contributed by atoms with Gasteiger partial charge in [-0.2, -0.15) is 0 Å². The first-order valence-electron chi connectivity index (χ1n) is 8.64. The lowest BCUT2D eigenvalue weighted by molar-refractivity contribution is -0.113. The zero-order valence-electron chi connectivity index (χ0n) is 15.5. The Bertz CT molecular complexity index is 942. The Labute approximate surface area is 167 Å². The van der Waals surface area contributed by atoms with Gasteiger partial charge in [-0.05, 0) is 36.8 Å². The number of carbonyl (C=O) groups excluding carboxylic acids is 2. The Morgan fingerprint density at radius 2 is 1.86 bits per heavy atom. The van der Waals surface area contributed by atoms with Crippen molar-refractivity contribution in [2.24, 2.45) is 0 Å². The van der Waals surface area contributed by atoms with E-state index in [1.54, 1.807) is 30.6 Å². The summed E-state index contributed by atoms with van der Waals surface area (Å²) in [5.41, 5.74) is 2.18. The Morgan fingerprint density at radius 3 is 2.54 bits per heavy atom. The number of amides is 1. The van der Waals surface area contributed by atoms with Crippen molar-refractivity contribution in [2.45, 2.75) is 18.1 Å². The molecular weight excluding hydrogens is 376 g/mol. The standard InChI is InChI=1S/C20H20N4O3S/c1-14(15-6-4-3-5-7-15)24-13-21-23-20(24)28-12-18(25)22-17-10-8-16(9-11-17)19(26)27-2/h3-11,13-14H,12H2,1-2H3,(H,22,25). The highest BCUT2D eigenvalue weighted by atomic mass is 32.2. The molecule has 2 aromatic carbocycles. The van der Waals surface area contributed by atoms with E-state index in [1.165, 1.54) is 18.9 Å². The molecule has 1 unspecified atom stereocenters. The summed E-state index contributed by atoms with van der Waals surface area (Å²) in [6.07, 6.45) is 1.67. The molecular formula is C20H20N4O3S. The second-order valence-corrected chi connectivity index (χ2v) is 6.96. The molecule has 0 spiro atoms. The van der Waals surface area contributed by atoms with Crippen LogP contribution in [0.15, 0.2) is 66.1 Å². The first kappa shape index (κ1) is 19.6. The average Bonchev–Trinajstić information content (AvgIpc) is 3.21. The predicted octanol–water partition coefficient (Wildman–Crippen LogP) is 3.40. The van der Waals surface area contributed by atoms with Crippen LogP contribution in [0.2, 0.25) is 0 Å². The number of aromatic nitrogens is 3. The van der Waals surface area contributed by atoms with Gasteiger partial charge in [0.2, 0.25) is 5.91 Å². The van der Waals surface area contributed by atoms with Crippen molar-refractivity contribution < 1.29 is 14.3 Å². The summed E-state index contributed by atoms with van der Waals surface area (Å²) in [6, 6.07) is 16.6. The number of rotatable bonds is 7. The number of hydrogen-bond acceptors (Lipinski definition) is 6. The van der Waals surface area contributed by atoms with E-state index in [4.69, 9.17) is 0 Å². The molecule has 0 aliphatic carbocycles. The van der Waals surface area contributed by atoms with Gasteiger partial charge in [0.05, 0.1) is 24.5 Å². The fourth-order valence-corrected chi connectivity index (χ4v) is 3.42. The summed E-state index contributed by atoms with van der Waals surface area (Å²) in [6.45, 7) is 2.06. The summed E-state index contributed by atoms with van der Waals surface area (Å²) >= 11 is 1.32. The van der Waals surface area contributed by atoms with E-state index in [0.717, 1.165) is 5.56 Å². The van der Waals surface area contributed by atoms with Crippen LogP contribution in [0.4, 0.5) is 5.69 Å². The number of nitrogens with one attached hydrogen (secondary N) is 1. The number of methoxy groups -OCH3 is 1. The maximum atomic E-state index is 12.3. The van der Waals surface area contributed by atoms with Gasteiger partial charge in [-0.25, -0.2) is 4.79 Å². The van der Waals surface area contributed by atoms with Crippen LogP contribution in [0, 0.1) is 0 Å². The largest absolute Gasteiger partial charge is 0.465 e. The van der Waals surface area contributed by atoms with Gasteiger partial charge >= 0.3 is 5.97 Å². The molecule has 0 saturated heterocycles. The van der Waals surface area contributed by atoms with Gasteiger partial charge in [0.15, 0.2) is 5.16 Å². The quantitative estimate of drug-likeness (QED) is 0.487. The minimum absolute atomic E-state index is 0.0626. The van der Waals surface area contributed by atoms with Crippen LogP contribution in [-0.4, -0.2) is 39.5 Å². The fraction of sp³-hybridized carbons (Fsp3) is 0.200. The zero-order chi connectivity index (χ0) is 19.9. The van der Waals surface area contributed by atoms with E-state index >= 15 is 0 Å². The number of esters is 1. The average molecular weight is 396 g/mol. The molecule has 0 bridgehead atoms. The van der Waals surface area contributed by atoms with E-state index in [1.807, 2.05) is 34.9 Å². The summed E-state index contributed by atoms with van der Waals surface area (Å²) in [7, 11) is 1.33. The van der Waals surface area contributed by atoms with Gasteiger partial charge in [-0.1, -0.05) is 42.1 Å². The van der Waals surface area contributed by atoms with Crippen molar-refractivity contribution in [1.29, 1.82) is 0 Å². The SMILES string of the molecule is COC(=O)c1ccc(NC(=O)CSc2nncn2C(C)c2ccccc2)cc1. The maximum absolute atomic E-state index is 12.3. The molecule has 1 aromatic heterocycles. The number of hydrogen-bond donors (Lipinski definition) is 1. The Morgan fingerprint density at radius 1 is 1.14 bits per heavy atom. The van der Waals surface area contributed by atoms with E-state index in [2.05, 4.69) is 27.2 Å². The molecule has 1 heterocycles. The van der Waals surface area contributed by atoms with Crippen LogP contribution in [0.3, 0.4) is 0 Å². The Kier molecular flexibility index (Phi) is 6.44. The van der Waals surface area contributed by atoms with Crippen molar-refractivity contribution in [2.75, 3.05) is 18.2 Å². The van der Waals surface area contributed by atoms with Crippen molar-refractivity contribution in [1.82, 2.24) is 14.8 Å². The van der Waals surface area contributed by atoms with Crippen LogP contribution < -0.4 is 5.32 Å². The van der Waals surface area contributed by atoms with Gasteiger partial charge < -0.3 is 14.6 Å². The zero-order valence-corrected chi connectivity index (χ0v) is 16.3. The molecule has 0 fully saturated rings. The lowest BCUT2D eigenvalue weighted by atomic mass is 10.1. The van der Waals surface area contributed by atoms with Gasteiger partial charge in [0, 0.05) is 5.69 Å². The van der Waals surface area contributed by atoms with E-state index in [9.17, 15) is 9.59 Å². The Hall–Kier alpha value is -3.13. The topological polar surface area (TPSA) is 86.1 Å². The monoisotopic (exact) mass is 396 g/mol. The van der Waals surface area contributed by atoms with Gasteiger partial charge in [-0.3, -0.25) is 4.79 Å². The number of nitrogens with zero attached hydrogens (tertiary/aromatic N) is 3. The first-order valence-corrected chi connectivity index (χ1v) is 9.62. The molecule has 1 N–H and O–H groups in total. The van der Waals surface area contributed by atoms with Crippen molar-refractivity contribution in [3.05, 3.63) is 72.1 Å². The number of ether oxygens (including phenoxy) is 1.